The average molecular weight is 292 g/mol. The van der Waals surface area contributed by atoms with Crippen LogP contribution in [0.3, 0.4) is 0 Å². The number of hydrogen-bond donors (Lipinski definition) is 2. The molecule has 0 aliphatic heterocycles. The van der Waals surface area contributed by atoms with E-state index in [0.29, 0.717) is 32.1 Å². The van der Waals surface area contributed by atoms with Crippen LogP contribution in [0.4, 0.5) is 0 Å². The Kier molecular flexibility index (Phi) is 8.01. The lowest BCUT2D eigenvalue weighted by Gasteiger charge is -2.25. The van der Waals surface area contributed by atoms with Crippen LogP contribution in [0.1, 0.15) is 26.3 Å². The molecule has 0 fully saturated rings. The molecule has 0 aliphatic rings. The van der Waals surface area contributed by atoms with Gasteiger partial charge in [-0.05, 0) is 24.8 Å². The number of carbonyl (C=O) groups is 1. The SMILES string of the molecule is CCOCC(NC(=O)C(CN)Cc1ccccc1)C(C)C. The second kappa shape index (κ2) is 9.53. The Morgan fingerprint density at radius 2 is 1.95 bits per heavy atom. The van der Waals surface area contributed by atoms with Gasteiger partial charge in [-0.1, -0.05) is 44.2 Å². The highest BCUT2D eigenvalue weighted by molar-refractivity contribution is 5.79. The summed E-state index contributed by atoms with van der Waals surface area (Å²) in [6, 6.07) is 10.0. The Morgan fingerprint density at radius 1 is 1.29 bits per heavy atom. The Hall–Kier alpha value is -1.39. The first kappa shape index (κ1) is 17.7. The average Bonchev–Trinajstić information content (AvgIpc) is 2.49. The highest BCUT2D eigenvalue weighted by atomic mass is 16.5. The number of rotatable bonds is 9. The molecule has 1 aromatic rings. The van der Waals surface area contributed by atoms with E-state index in [2.05, 4.69) is 19.2 Å². The van der Waals surface area contributed by atoms with Gasteiger partial charge in [0.05, 0.1) is 18.6 Å². The lowest BCUT2D eigenvalue weighted by Crippen LogP contribution is -2.46. The van der Waals surface area contributed by atoms with Crippen molar-refractivity contribution in [2.75, 3.05) is 19.8 Å². The molecule has 0 saturated carbocycles. The zero-order valence-corrected chi connectivity index (χ0v) is 13.3. The minimum Gasteiger partial charge on any atom is -0.380 e. The maximum Gasteiger partial charge on any atom is 0.225 e. The van der Waals surface area contributed by atoms with E-state index in [1.165, 1.54) is 0 Å². The van der Waals surface area contributed by atoms with Gasteiger partial charge in [-0.2, -0.15) is 0 Å². The first-order valence-corrected chi connectivity index (χ1v) is 7.70. The van der Waals surface area contributed by atoms with Crippen LogP contribution in [0, 0.1) is 11.8 Å². The summed E-state index contributed by atoms with van der Waals surface area (Å²) in [5.41, 5.74) is 6.91. The van der Waals surface area contributed by atoms with Crippen LogP contribution >= 0.6 is 0 Å². The van der Waals surface area contributed by atoms with Gasteiger partial charge >= 0.3 is 0 Å². The van der Waals surface area contributed by atoms with Crippen LogP contribution in [-0.2, 0) is 16.0 Å². The highest BCUT2D eigenvalue weighted by Crippen LogP contribution is 2.10. The van der Waals surface area contributed by atoms with E-state index in [-0.39, 0.29) is 17.9 Å². The Bertz CT molecular complexity index is 407. The molecule has 118 valence electrons. The third-order valence-corrected chi connectivity index (χ3v) is 3.61. The van der Waals surface area contributed by atoms with Crippen LogP contribution in [-0.4, -0.2) is 31.7 Å². The van der Waals surface area contributed by atoms with Crippen molar-refractivity contribution in [3.05, 3.63) is 35.9 Å². The zero-order chi connectivity index (χ0) is 15.7. The van der Waals surface area contributed by atoms with Crippen molar-refractivity contribution >= 4 is 5.91 Å². The minimum atomic E-state index is -0.199. The quantitative estimate of drug-likeness (QED) is 0.731. The zero-order valence-electron chi connectivity index (χ0n) is 13.3. The van der Waals surface area contributed by atoms with Crippen molar-refractivity contribution in [3.63, 3.8) is 0 Å². The van der Waals surface area contributed by atoms with Crippen LogP contribution in [0.5, 0.6) is 0 Å². The molecule has 0 aromatic heterocycles. The predicted molar refractivity (Wildman–Crippen MR) is 86.0 cm³/mol. The van der Waals surface area contributed by atoms with Gasteiger partial charge in [0.15, 0.2) is 0 Å². The summed E-state index contributed by atoms with van der Waals surface area (Å²) in [4.78, 5) is 12.4. The molecule has 0 spiro atoms. The van der Waals surface area contributed by atoms with Gasteiger partial charge in [-0.15, -0.1) is 0 Å². The summed E-state index contributed by atoms with van der Waals surface area (Å²) in [5, 5.41) is 3.08. The Balaban J connectivity index is 2.60. The summed E-state index contributed by atoms with van der Waals surface area (Å²) < 4.78 is 5.44. The fourth-order valence-electron chi connectivity index (χ4n) is 2.13. The Labute approximate surface area is 128 Å². The van der Waals surface area contributed by atoms with Crippen molar-refractivity contribution in [1.29, 1.82) is 0 Å². The fraction of sp³-hybridized carbons (Fsp3) is 0.588. The molecule has 3 N–H and O–H groups in total. The van der Waals surface area contributed by atoms with Gasteiger partial charge in [0, 0.05) is 13.2 Å². The van der Waals surface area contributed by atoms with Crippen LogP contribution in [0.15, 0.2) is 30.3 Å². The molecule has 0 heterocycles. The summed E-state index contributed by atoms with van der Waals surface area (Å²) >= 11 is 0. The second-order valence-electron chi connectivity index (χ2n) is 5.64. The molecule has 0 bridgehead atoms. The van der Waals surface area contributed by atoms with Gasteiger partial charge in [0.25, 0.3) is 0 Å². The largest absolute Gasteiger partial charge is 0.380 e. The topological polar surface area (TPSA) is 64.3 Å². The third kappa shape index (κ3) is 6.27. The van der Waals surface area contributed by atoms with Crippen molar-refractivity contribution in [3.8, 4) is 0 Å². The molecule has 1 aromatic carbocycles. The normalized spacial score (nSPS) is 14.0. The molecule has 0 radical (unpaired) electrons. The lowest BCUT2D eigenvalue weighted by atomic mass is 9.97. The first-order valence-electron chi connectivity index (χ1n) is 7.70. The maximum atomic E-state index is 12.4. The monoisotopic (exact) mass is 292 g/mol. The number of amides is 1. The van der Waals surface area contributed by atoms with Crippen LogP contribution in [0.25, 0.3) is 0 Å². The summed E-state index contributed by atoms with van der Waals surface area (Å²) in [7, 11) is 0. The first-order chi connectivity index (χ1) is 10.1. The van der Waals surface area contributed by atoms with Crippen LogP contribution < -0.4 is 11.1 Å². The minimum absolute atomic E-state index is 0.0137. The lowest BCUT2D eigenvalue weighted by molar-refractivity contribution is -0.126. The van der Waals surface area contributed by atoms with Crippen molar-refractivity contribution in [1.82, 2.24) is 5.32 Å². The Morgan fingerprint density at radius 3 is 2.48 bits per heavy atom. The number of nitrogens with two attached hydrogens (primary N) is 1. The van der Waals surface area contributed by atoms with Crippen LogP contribution in [0.2, 0.25) is 0 Å². The molecular weight excluding hydrogens is 264 g/mol. The number of carbonyl (C=O) groups excluding carboxylic acids is 1. The van der Waals surface area contributed by atoms with Gasteiger partial charge in [0.2, 0.25) is 5.91 Å². The summed E-state index contributed by atoms with van der Waals surface area (Å²) in [5.74, 6) is 0.144. The van der Waals surface area contributed by atoms with E-state index in [1.807, 2.05) is 37.3 Å². The maximum absolute atomic E-state index is 12.4. The van der Waals surface area contributed by atoms with E-state index in [9.17, 15) is 4.79 Å². The standard InChI is InChI=1S/C17H28N2O2/c1-4-21-12-16(13(2)3)19-17(20)15(11-18)10-14-8-6-5-7-9-14/h5-9,13,15-16H,4,10-12,18H2,1-3H3,(H,19,20). The molecule has 0 aliphatic carbocycles. The fourth-order valence-corrected chi connectivity index (χ4v) is 2.13. The van der Waals surface area contributed by atoms with Crippen molar-refractivity contribution < 1.29 is 9.53 Å². The van der Waals surface area contributed by atoms with E-state index < -0.39 is 0 Å². The molecule has 2 unspecified atom stereocenters. The molecule has 2 atom stereocenters. The number of hydrogen-bond acceptors (Lipinski definition) is 3. The molecular formula is C17H28N2O2. The van der Waals surface area contributed by atoms with E-state index in [4.69, 9.17) is 10.5 Å². The molecule has 21 heavy (non-hydrogen) atoms. The molecule has 0 saturated heterocycles. The molecule has 4 heteroatoms. The molecule has 4 nitrogen and oxygen atoms in total. The van der Waals surface area contributed by atoms with Gasteiger partial charge in [-0.25, -0.2) is 0 Å². The molecule has 1 rings (SSSR count). The third-order valence-electron chi connectivity index (χ3n) is 3.61. The van der Waals surface area contributed by atoms with Crippen molar-refractivity contribution in [2.45, 2.75) is 33.2 Å². The summed E-state index contributed by atoms with van der Waals surface area (Å²) in [6.07, 6.45) is 0.669. The second-order valence-corrected chi connectivity index (χ2v) is 5.64. The van der Waals surface area contributed by atoms with Gasteiger partial charge < -0.3 is 15.8 Å². The highest BCUT2D eigenvalue weighted by Gasteiger charge is 2.22. The van der Waals surface area contributed by atoms with Gasteiger partial charge in [-0.3, -0.25) is 4.79 Å². The van der Waals surface area contributed by atoms with E-state index in [1.54, 1.807) is 0 Å². The number of ether oxygens (including phenoxy) is 1. The number of benzene rings is 1. The summed E-state index contributed by atoms with van der Waals surface area (Å²) in [6.45, 7) is 7.67. The number of nitrogens with one attached hydrogen (secondary N) is 1. The predicted octanol–water partition coefficient (Wildman–Crippen LogP) is 1.98. The van der Waals surface area contributed by atoms with E-state index >= 15 is 0 Å². The van der Waals surface area contributed by atoms with Crippen molar-refractivity contribution in [2.24, 2.45) is 17.6 Å². The van der Waals surface area contributed by atoms with E-state index in [0.717, 1.165) is 5.56 Å². The smallest absolute Gasteiger partial charge is 0.225 e. The molecule has 1 amide bonds. The van der Waals surface area contributed by atoms with Gasteiger partial charge in [0.1, 0.15) is 0 Å².